The molecule has 2 rings (SSSR count). The quantitative estimate of drug-likeness (QED) is 0.708. The highest BCUT2D eigenvalue weighted by molar-refractivity contribution is 5.31. The molecular formula is C18H22O. The fraction of sp³-hybridized carbons (Fsp3) is 0.333. The van der Waals surface area contributed by atoms with Gasteiger partial charge in [0, 0.05) is 0 Å². The molecule has 1 nitrogen and oxygen atoms in total. The molecular weight excluding hydrogens is 232 g/mol. The summed E-state index contributed by atoms with van der Waals surface area (Å²) < 4.78 is 0. The molecule has 1 N–H and O–H groups in total. The maximum absolute atomic E-state index is 9.66. The molecule has 2 aromatic carbocycles. The highest BCUT2D eigenvalue weighted by Crippen LogP contribution is 2.18. The summed E-state index contributed by atoms with van der Waals surface area (Å²) in [4.78, 5) is 0. The van der Waals surface area contributed by atoms with Crippen molar-refractivity contribution in [3.63, 3.8) is 0 Å². The van der Waals surface area contributed by atoms with E-state index >= 15 is 0 Å². The van der Waals surface area contributed by atoms with Crippen molar-refractivity contribution in [1.29, 1.82) is 0 Å². The Hall–Kier alpha value is -1.76. The van der Waals surface area contributed by atoms with Gasteiger partial charge in [-0.15, -0.1) is 0 Å². The van der Waals surface area contributed by atoms with Gasteiger partial charge in [0.1, 0.15) is 5.75 Å². The fourth-order valence-electron chi connectivity index (χ4n) is 2.37. The van der Waals surface area contributed by atoms with Crippen molar-refractivity contribution in [2.24, 2.45) is 0 Å². The van der Waals surface area contributed by atoms with Crippen molar-refractivity contribution in [3.05, 3.63) is 65.7 Å². The Balaban J connectivity index is 1.59. The van der Waals surface area contributed by atoms with E-state index in [1.54, 1.807) is 6.07 Å². The van der Waals surface area contributed by atoms with E-state index < -0.39 is 0 Å². The third-order valence-corrected chi connectivity index (χ3v) is 3.50. The summed E-state index contributed by atoms with van der Waals surface area (Å²) in [6.45, 7) is 0. The summed E-state index contributed by atoms with van der Waals surface area (Å²) in [5.41, 5.74) is 2.51. The van der Waals surface area contributed by atoms with Gasteiger partial charge in [-0.2, -0.15) is 0 Å². The van der Waals surface area contributed by atoms with Crippen LogP contribution >= 0.6 is 0 Å². The zero-order valence-corrected chi connectivity index (χ0v) is 11.4. The number of phenols is 1. The maximum Gasteiger partial charge on any atom is 0.118 e. The lowest BCUT2D eigenvalue weighted by atomic mass is 10.0. The van der Waals surface area contributed by atoms with Crippen molar-refractivity contribution in [3.8, 4) is 5.75 Å². The van der Waals surface area contributed by atoms with Gasteiger partial charge in [0.05, 0.1) is 0 Å². The second-order valence-electron chi connectivity index (χ2n) is 5.03. The number of rotatable bonds is 7. The Morgan fingerprint density at radius 2 is 1.26 bits per heavy atom. The average molecular weight is 254 g/mol. The molecule has 19 heavy (non-hydrogen) atoms. The van der Waals surface area contributed by atoms with Crippen LogP contribution in [0.2, 0.25) is 0 Å². The second-order valence-corrected chi connectivity index (χ2v) is 5.03. The van der Waals surface area contributed by atoms with E-state index in [-0.39, 0.29) is 0 Å². The lowest BCUT2D eigenvalue weighted by Crippen LogP contribution is -1.88. The van der Waals surface area contributed by atoms with E-state index in [9.17, 15) is 5.11 Å². The fourth-order valence-corrected chi connectivity index (χ4v) is 2.37. The summed E-state index contributed by atoms with van der Waals surface area (Å²) in [5.74, 6) is 0.437. The smallest absolute Gasteiger partial charge is 0.118 e. The molecule has 0 aliphatic carbocycles. The first kappa shape index (κ1) is 13.7. The molecule has 0 heterocycles. The molecule has 0 amide bonds. The first-order chi connectivity index (χ1) is 9.36. The lowest BCUT2D eigenvalue weighted by Gasteiger charge is -2.04. The van der Waals surface area contributed by atoms with E-state index in [1.807, 2.05) is 18.2 Å². The van der Waals surface area contributed by atoms with Crippen LogP contribution in [0.5, 0.6) is 5.75 Å². The standard InChI is InChI=1S/C18H22O/c19-18-15-9-8-14-17(18)13-7-2-1-4-10-16-11-5-3-6-12-16/h3,5-6,8-9,11-12,14-15,19H,1-2,4,7,10,13H2. The number of aryl methyl sites for hydroxylation is 2. The first-order valence-electron chi connectivity index (χ1n) is 7.17. The molecule has 0 radical (unpaired) electrons. The molecule has 0 aliphatic rings. The van der Waals surface area contributed by atoms with E-state index in [0.29, 0.717) is 5.75 Å². The van der Waals surface area contributed by atoms with E-state index in [4.69, 9.17) is 0 Å². The van der Waals surface area contributed by atoms with Crippen LogP contribution in [0.1, 0.15) is 36.8 Å². The van der Waals surface area contributed by atoms with Crippen LogP contribution in [0.3, 0.4) is 0 Å². The Bertz CT molecular complexity index is 476. The van der Waals surface area contributed by atoms with Gasteiger partial charge in [-0.3, -0.25) is 0 Å². The molecule has 0 fully saturated rings. The van der Waals surface area contributed by atoms with Gasteiger partial charge >= 0.3 is 0 Å². The molecule has 0 aliphatic heterocycles. The highest BCUT2D eigenvalue weighted by Gasteiger charge is 1.99. The van der Waals surface area contributed by atoms with Crippen molar-refractivity contribution in [2.75, 3.05) is 0 Å². The van der Waals surface area contributed by atoms with Crippen molar-refractivity contribution in [1.82, 2.24) is 0 Å². The number of hydrogen-bond donors (Lipinski definition) is 1. The lowest BCUT2D eigenvalue weighted by molar-refractivity contribution is 0.466. The third kappa shape index (κ3) is 4.78. The van der Waals surface area contributed by atoms with Crippen LogP contribution in [0, 0.1) is 0 Å². The minimum absolute atomic E-state index is 0.437. The Morgan fingerprint density at radius 1 is 0.632 bits per heavy atom. The molecule has 0 unspecified atom stereocenters. The van der Waals surface area contributed by atoms with Crippen molar-refractivity contribution >= 4 is 0 Å². The van der Waals surface area contributed by atoms with Gasteiger partial charge in [0.25, 0.3) is 0 Å². The first-order valence-corrected chi connectivity index (χ1v) is 7.17. The maximum atomic E-state index is 9.66. The Morgan fingerprint density at radius 3 is 2.00 bits per heavy atom. The number of unbranched alkanes of at least 4 members (excludes halogenated alkanes) is 3. The molecule has 100 valence electrons. The van der Waals surface area contributed by atoms with E-state index in [2.05, 4.69) is 30.3 Å². The van der Waals surface area contributed by atoms with Crippen molar-refractivity contribution < 1.29 is 5.11 Å². The molecule has 1 heteroatoms. The summed E-state index contributed by atoms with van der Waals surface area (Å²) in [6, 6.07) is 18.3. The zero-order valence-electron chi connectivity index (χ0n) is 11.4. The van der Waals surface area contributed by atoms with E-state index in [1.165, 1.54) is 31.2 Å². The van der Waals surface area contributed by atoms with Gasteiger partial charge in [-0.1, -0.05) is 61.4 Å². The van der Waals surface area contributed by atoms with Crippen molar-refractivity contribution in [2.45, 2.75) is 38.5 Å². The third-order valence-electron chi connectivity index (χ3n) is 3.50. The van der Waals surface area contributed by atoms with Crippen LogP contribution in [-0.2, 0) is 12.8 Å². The minimum atomic E-state index is 0.437. The predicted molar refractivity (Wildman–Crippen MR) is 80.4 cm³/mol. The van der Waals surface area contributed by atoms with Gasteiger partial charge in [-0.25, -0.2) is 0 Å². The van der Waals surface area contributed by atoms with Gasteiger partial charge in [0.15, 0.2) is 0 Å². The summed E-state index contributed by atoms with van der Waals surface area (Å²) >= 11 is 0. The average Bonchev–Trinajstić information content (AvgIpc) is 2.45. The SMILES string of the molecule is Oc1ccccc1CCCCCCc1ccccc1. The van der Waals surface area contributed by atoms with Crippen LogP contribution in [0.15, 0.2) is 54.6 Å². The molecule has 0 atom stereocenters. The molecule has 2 aromatic rings. The number of aromatic hydroxyl groups is 1. The summed E-state index contributed by atoms with van der Waals surface area (Å²) in [7, 11) is 0. The Labute approximate surface area is 115 Å². The van der Waals surface area contributed by atoms with Gasteiger partial charge in [0.2, 0.25) is 0 Å². The number of benzene rings is 2. The topological polar surface area (TPSA) is 20.2 Å². The zero-order chi connectivity index (χ0) is 13.3. The number of hydrogen-bond acceptors (Lipinski definition) is 1. The Kier molecular flexibility index (Phi) is 5.49. The largest absolute Gasteiger partial charge is 0.508 e. The molecule has 0 bridgehead atoms. The predicted octanol–water partition coefficient (Wildman–Crippen LogP) is 4.74. The van der Waals surface area contributed by atoms with Gasteiger partial charge in [-0.05, 0) is 42.9 Å². The van der Waals surface area contributed by atoms with Crippen LogP contribution in [0.4, 0.5) is 0 Å². The van der Waals surface area contributed by atoms with E-state index in [0.717, 1.165) is 18.4 Å². The van der Waals surface area contributed by atoms with Crippen LogP contribution in [-0.4, -0.2) is 5.11 Å². The van der Waals surface area contributed by atoms with Crippen LogP contribution < -0.4 is 0 Å². The number of phenolic OH excluding ortho intramolecular Hbond substituents is 1. The monoisotopic (exact) mass is 254 g/mol. The highest BCUT2D eigenvalue weighted by atomic mass is 16.3. The second kappa shape index (κ2) is 7.63. The normalized spacial score (nSPS) is 10.5. The molecule has 0 saturated heterocycles. The summed E-state index contributed by atoms with van der Waals surface area (Å²) in [6.07, 6.45) is 7.08. The number of para-hydroxylation sites is 1. The molecule has 0 spiro atoms. The summed E-state index contributed by atoms with van der Waals surface area (Å²) in [5, 5.41) is 9.66. The van der Waals surface area contributed by atoms with Crippen LogP contribution in [0.25, 0.3) is 0 Å². The van der Waals surface area contributed by atoms with Gasteiger partial charge < -0.3 is 5.11 Å². The minimum Gasteiger partial charge on any atom is -0.508 e. The molecule has 0 aromatic heterocycles. The molecule has 0 saturated carbocycles.